The van der Waals surface area contributed by atoms with Crippen molar-refractivity contribution in [2.75, 3.05) is 7.05 Å². The van der Waals surface area contributed by atoms with Crippen LogP contribution in [0.25, 0.3) is 11.1 Å². The number of ketones is 1. The Kier molecular flexibility index (Phi) is 4.03. The van der Waals surface area contributed by atoms with Crippen LogP contribution in [0.1, 0.15) is 24.0 Å². The van der Waals surface area contributed by atoms with Gasteiger partial charge in [-0.3, -0.25) is 24.5 Å². The van der Waals surface area contributed by atoms with E-state index in [0.29, 0.717) is 22.3 Å². The van der Waals surface area contributed by atoms with Crippen LogP contribution < -0.4 is 10.6 Å². The zero-order valence-electron chi connectivity index (χ0n) is 13.3. The molecule has 1 aromatic carbocycles. The Morgan fingerprint density at radius 3 is 2.44 bits per heavy atom. The van der Waals surface area contributed by atoms with Crippen molar-refractivity contribution in [3.8, 4) is 6.07 Å². The number of carbonyl (C=O) groups is 4. The molecule has 1 aliphatic carbocycles. The van der Waals surface area contributed by atoms with Gasteiger partial charge in [-0.1, -0.05) is 24.3 Å². The zero-order valence-corrected chi connectivity index (χ0v) is 13.3. The minimum atomic E-state index is -0.745. The molecule has 2 aliphatic rings. The lowest BCUT2D eigenvalue weighted by molar-refractivity contribution is -0.134. The number of imide groups is 1. The van der Waals surface area contributed by atoms with E-state index < -0.39 is 29.9 Å². The Balaban J connectivity index is 2.26. The summed E-state index contributed by atoms with van der Waals surface area (Å²) in [6.07, 6.45) is -0.301. The maximum Gasteiger partial charge on any atom is 0.261 e. The van der Waals surface area contributed by atoms with E-state index in [1.807, 2.05) is 6.07 Å². The lowest BCUT2D eigenvalue weighted by atomic mass is 9.94. The number of amides is 3. The maximum absolute atomic E-state index is 12.2. The van der Waals surface area contributed by atoms with E-state index in [1.54, 1.807) is 24.3 Å². The van der Waals surface area contributed by atoms with Gasteiger partial charge < -0.3 is 5.32 Å². The summed E-state index contributed by atoms with van der Waals surface area (Å²) in [5, 5.41) is 13.9. The van der Waals surface area contributed by atoms with Crippen molar-refractivity contribution in [1.82, 2.24) is 10.6 Å². The number of nitrogens with zero attached hydrogens (tertiary/aromatic N) is 1. The Morgan fingerprint density at radius 1 is 1.16 bits per heavy atom. The van der Waals surface area contributed by atoms with Gasteiger partial charge in [0.25, 0.3) is 11.8 Å². The van der Waals surface area contributed by atoms with E-state index in [-0.39, 0.29) is 17.6 Å². The molecular weight excluding hydrogens is 322 g/mol. The second-order valence-corrected chi connectivity index (χ2v) is 5.60. The number of carbonyl (C=O) groups excluding carboxylic acids is 4. The van der Waals surface area contributed by atoms with Gasteiger partial charge in [0.1, 0.15) is 11.6 Å². The fourth-order valence-corrected chi connectivity index (χ4v) is 3.10. The number of piperidine rings is 1. The fourth-order valence-electron chi connectivity index (χ4n) is 3.10. The number of benzene rings is 1. The largest absolute Gasteiger partial charge is 0.354 e. The van der Waals surface area contributed by atoms with Crippen LogP contribution in [0.2, 0.25) is 0 Å². The molecule has 3 amide bonds. The Morgan fingerprint density at radius 2 is 1.84 bits per heavy atom. The van der Waals surface area contributed by atoms with Crippen LogP contribution in [0, 0.1) is 11.3 Å². The van der Waals surface area contributed by atoms with Gasteiger partial charge in [0.15, 0.2) is 5.78 Å². The normalized spacial score (nSPS) is 21.4. The molecule has 1 aromatic rings. The van der Waals surface area contributed by atoms with Gasteiger partial charge in [-0.15, -0.1) is 0 Å². The number of nitrogens with one attached hydrogen (secondary N) is 2. The molecule has 0 aromatic heterocycles. The van der Waals surface area contributed by atoms with E-state index in [4.69, 9.17) is 0 Å². The first-order valence-electron chi connectivity index (χ1n) is 7.53. The SMILES string of the molecule is CNC(=O)/C(C#N)=C1\C/C(=C2\C(=O)CC(=O)NC2=O)c2ccccc21. The summed E-state index contributed by atoms with van der Waals surface area (Å²) < 4.78 is 0. The molecule has 3 rings (SSSR count). The van der Waals surface area contributed by atoms with Crippen molar-refractivity contribution in [1.29, 1.82) is 5.26 Å². The molecular formula is C18H13N3O4. The van der Waals surface area contributed by atoms with Gasteiger partial charge >= 0.3 is 0 Å². The highest BCUT2D eigenvalue weighted by Crippen LogP contribution is 2.44. The van der Waals surface area contributed by atoms with Gasteiger partial charge in [0.05, 0.1) is 12.0 Å². The van der Waals surface area contributed by atoms with Gasteiger partial charge in [-0.25, -0.2) is 0 Å². The van der Waals surface area contributed by atoms with Crippen molar-refractivity contribution < 1.29 is 19.2 Å². The molecule has 1 heterocycles. The summed E-state index contributed by atoms with van der Waals surface area (Å²) in [5.41, 5.74) is 1.97. The standard InChI is InChI=1S/C18H13N3O4/c1-20-17(24)13(8-19)11-6-12(10-5-3-2-4-9(10)11)16-14(22)7-15(23)21-18(16)25/h2-5H,6-7H2,1H3,(H,20,24)(H,21,23,25)/b13-11+,16-12-. The molecule has 0 radical (unpaired) electrons. The van der Waals surface area contributed by atoms with E-state index in [0.717, 1.165) is 0 Å². The van der Waals surface area contributed by atoms with Crippen molar-refractivity contribution >= 4 is 34.7 Å². The fraction of sp³-hybridized carbons (Fsp3) is 0.167. The number of Topliss-reactive ketones (excluding diaryl/α,β-unsaturated/α-hetero) is 1. The molecule has 2 N–H and O–H groups in total. The molecule has 0 bridgehead atoms. The van der Waals surface area contributed by atoms with Crippen LogP contribution in [0.5, 0.6) is 0 Å². The van der Waals surface area contributed by atoms with Crippen LogP contribution in [0.4, 0.5) is 0 Å². The summed E-state index contributed by atoms with van der Waals surface area (Å²) in [6, 6.07) is 8.84. The summed E-state index contributed by atoms with van der Waals surface area (Å²) in [7, 11) is 1.42. The lowest BCUT2D eigenvalue weighted by Gasteiger charge is -2.15. The first-order valence-corrected chi connectivity index (χ1v) is 7.53. The molecule has 7 nitrogen and oxygen atoms in total. The highest BCUT2D eigenvalue weighted by Gasteiger charge is 2.36. The lowest BCUT2D eigenvalue weighted by Crippen LogP contribution is -2.41. The number of hydrogen-bond acceptors (Lipinski definition) is 5. The van der Waals surface area contributed by atoms with Crippen LogP contribution in [-0.2, 0) is 19.2 Å². The number of allylic oxidation sites excluding steroid dienone is 2. The number of fused-ring (bicyclic) bond motifs is 1. The first kappa shape index (κ1) is 16.3. The van der Waals surface area contributed by atoms with Crippen LogP contribution in [0.3, 0.4) is 0 Å². The maximum atomic E-state index is 12.2. The molecule has 124 valence electrons. The molecule has 1 fully saturated rings. The van der Waals surface area contributed by atoms with Gasteiger partial charge in [-0.05, 0) is 22.3 Å². The molecule has 0 saturated carbocycles. The monoisotopic (exact) mass is 335 g/mol. The summed E-state index contributed by atoms with van der Waals surface area (Å²) >= 11 is 0. The third-order valence-corrected chi connectivity index (χ3v) is 4.18. The van der Waals surface area contributed by atoms with Crippen LogP contribution >= 0.6 is 0 Å². The average molecular weight is 335 g/mol. The van der Waals surface area contributed by atoms with Crippen molar-refractivity contribution in [3.05, 3.63) is 46.5 Å². The molecule has 1 aliphatic heterocycles. The third kappa shape index (κ3) is 2.64. The first-order chi connectivity index (χ1) is 12.0. The smallest absolute Gasteiger partial charge is 0.261 e. The van der Waals surface area contributed by atoms with Gasteiger partial charge in [-0.2, -0.15) is 5.26 Å². The highest BCUT2D eigenvalue weighted by molar-refractivity contribution is 6.34. The minimum absolute atomic E-state index is 0.0645. The van der Waals surface area contributed by atoms with E-state index >= 15 is 0 Å². The van der Waals surface area contributed by atoms with E-state index in [1.165, 1.54) is 7.05 Å². The van der Waals surface area contributed by atoms with E-state index in [2.05, 4.69) is 10.6 Å². The number of rotatable bonds is 1. The number of nitriles is 1. The number of likely N-dealkylation sites (N-methyl/N-ethyl adjacent to an activating group) is 1. The van der Waals surface area contributed by atoms with Gasteiger partial charge in [0, 0.05) is 13.5 Å². The second kappa shape index (κ2) is 6.17. The zero-order chi connectivity index (χ0) is 18.1. The predicted octanol–water partition coefficient (Wildman–Crippen LogP) is 0.483. The Bertz CT molecular complexity index is 925. The van der Waals surface area contributed by atoms with Crippen LogP contribution in [-0.4, -0.2) is 30.6 Å². The molecule has 25 heavy (non-hydrogen) atoms. The van der Waals surface area contributed by atoms with Crippen molar-refractivity contribution in [2.24, 2.45) is 0 Å². The number of hydrogen-bond donors (Lipinski definition) is 2. The molecule has 0 atom stereocenters. The molecule has 0 unspecified atom stereocenters. The van der Waals surface area contributed by atoms with E-state index in [9.17, 15) is 24.4 Å². The average Bonchev–Trinajstić information content (AvgIpc) is 2.94. The molecule has 7 heteroatoms. The Labute approximate surface area is 143 Å². The summed E-state index contributed by atoms with van der Waals surface area (Å²) in [6.45, 7) is 0. The van der Waals surface area contributed by atoms with Gasteiger partial charge in [0.2, 0.25) is 5.91 Å². The topological polar surface area (TPSA) is 116 Å². The van der Waals surface area contributed by atoms with Crippen molar-refractivity contribution in [2.45, 2.75) is 12.8 Å². The molecule has 1 saturated heterocycles. The molecule has 0 spiro atoms. The Hall–Kier alpha value is -3.53. The van der Waals surface area contributed by atoms with Crippen LogP contribution in [0.15, 0.2) is 35.4 Å². The highest BCUT2D eigenvalue weighted by atomic mass is 16.2. The third-order valence-electron chi connectivity index (χ3n) is 4.18. The predicted molar refractivity (Wildman–Crippen MR) is 87.4 cm³/mol. The summed E-state index contributed by atoms with van der Waals surface area (Å²) in [5.74, 6) is -2.47. The van der Waals surface area contributed by atoms with Crippen molar-refractivity contribution in [3.63, 3.8) is 0 Å². The summed E-state index contributed by atoms with van der Waals surface area (Å²) in [4.78, 5) is 47.8. The second-order valence-electron chi connectivity index (χ2n) is 5.60. The quantitative estimate of drug-likeness (QED) is 0.255. The minimum Gasteiger partial charge on any atom is -0.354 e.